The minimum atomic E-state index is -4.30. The number of aryl methyl sites for hydroxylation is 3. The molecule has 0 aliphatic heterocycles. The second-order valence-electron chi connectivity index (χ2n) is 10.4. The van der Waals surface area contributed by atoms with E-state index in [4.69, 9.17) is 9.53 Å². The zero-order valence-corrected chi connectivity index (χ0v) is 30.4. The van der Waals surface area contributed by atoms with Gasteiger partial charge in [0, 0.05) is 11.3 Å². The highest BCUT2D eigenvalue weighted by Crippen LogP contribution is 2.30. The van der Waals surface area contributed by atoms with Crippen LogP contribution in [0.4, 0.5) is 13.2 Å². The first-order valence-corrected chi connectivity index (χ1v) is 16.8. The van der Waals surface area contributed by atoms with Gasteiger partial charge in [-0.2, -0.15) is 13.2 Å². The summed E-state index contributed by atoms with van der Waals surface area (Å²) in [5.74, 6) is 2.48. The molecular weight excluding hydrogens is 597 g/mol. The number of carbonyl (C=O) groups excluding carboxylic acids is 1. The summed E-state index contributed by atoms with van der Waals surface area (Å²) >= 11 is 0. The summed E-state index contributed by atoms with van der Waals surface area (Å²) in [6.45, 7) is 18.3. The molecule has 3 aromatic carbocycles. The molecule has 4 aromatic rings. The number of hydrogen-bond acceptors (Lipinski definition) is 3. The maximum Gasteiger partial charge on any atom is 0.416 e. The summed E-state index contributed by atoms with van der Waals surface area (Å²) in [6.07, 6.45) is 3.90. The smallest absolute Gasteiger partial charge is 0.416 e. The molecule has 4 nitrogen and oxygen atoms in total. The molecule has 0 atom stereocenters. The summed E-state index contributed by atoms with van der Waals surface area (Å²) in [7, 11) is 1.66. The van der Waals surface area contributed by atoms with E-state index in [1.807, 2.05) is 64.1 Å². The molecule has 0 saturated heterocycles. The zero-order chi connectivity index (χ0) is 36.1. The standard InChI is InChI=1S/C13H13F3N2.C8H10.C8H18.C7H8O.C2H4O.C2H6/c1-3-11-8(2)17-12(18-11)9-4-6-10(7-5-9)13(14,15)16;1-2-8-6-4-3-5-7-8;1-4-6-8(3)7-5-2;1-8-7-5-3-2-4-6-7;1-2-3;1-2/h4-7H,3H2,1-2H3,(H,17,18);3-7H,2H2,1H3;8H,4-7H2,1-3H3;2-6H,1H3;2H,1H3;1-2H3. The van der Waals surface area contributed by atoms with E-state index < -0.39 is 11.7 Å². The largest absolute Gasteiger partial charge is 0.497 e. The molecule has 1 N–H and O–H groups in total. The first-order chi connectivity index (χ1) is 22.5. The Balaban J connectivity index is 0. The third-order valence-electron chi connectivity index (χ3n) is 6.60. The normalized spacial score (nSPS) is 9.74. The number of benzene rings is 3. The van der Waals surface area contributed by atoms with Crippen molar-refractivity contribution < 1.29 is 22.7 Å². The van der Waals surface area contributed by atoms with Crippen LogP contribution < -0.4 is 4.74 Å². The third-order valence-corrected chi connectivity index (χ3v) is 6.60. The van der Waals surface area contributed by atoms with Crippen LogP contribution in [0.3, 0.4) is 0 Å². The predicted octanol–water partition coefficient (Wildman–Crippen LogP) is 12.4. The lowest BCUT2D eigenvalue weighted by molar-refractivity contribution is -0.137. The number of ether oxygens (including phenoxy) is 1. The number of hydrogen-bond donors (Lipinski definition) is 1. The van der Waals surface area contributed by atoms with Crippen LogP contribution in [0, 0.1) is 12.8 Å². The lowest BCUT2D eigenvalue weighted by Crippen LogP contribution is -2.04. The molecule has 1 aromatic heterocycles. The van der Waals surface area contributed by atoms with Crippen LogP contribution in [0.25, 0.3) is 11.4 Å². The highest BCUT2D eigenvalue weighted by molar-refractivity contribution is 5.56. The van der Waals surface area contributed by atoms with Crippen molar-refractivity contribution in [3.05, 3.63) is 107 Å². The van der Waals surface area contributed by atoms with E-state index in [-0.39, 0.29) is 0 Å². The average Bonchev–Trinajstić information content (AvgIpc) is 3.48. The van der Waals surface area contributed by atoms with Gasteiger partial charge in [0.2, 0.25) is 0 Å². The van der Waals surface area contributed by atoms with Crippen molar-refractivity contribution in [3.8, 4) is 17.1 Å². The minimum Gasteiger partial charge on any atom is -0.497 e. The Morgan fingerprint density at radius 1 is 0.809 bits per heavy atom. The fourth-order valence-electron chi connectivity index (χ4n) is 4.19. The van der Waals surface area contributed by atoms with E-state index in [2.05, 4.69) is 61.9 Å². The molecule has 1 heterocycles. The van der Waals surface area contributed by atoms with E-state index in [0.29, 0.717) is 11.4 Å². The third kappa shape index (κ3) is 21.5. The maximum atomic E-state index is 12.4. The van der Waals surface area contributed by atoms with Crippen LogP contribution in [0.1, 0.15) is 104 Å². The summed E-state index contributed by atoms with van der Waals surface area (Å²) in [6, 6.07) is 25.1. The molecule has 0 unspecified atom stereocenters. The number of para-hydroxylation sites is 1. The number of imidazole rings is 1. The van der Waals surface area contributed by atoms with Gasteiger partial charge in [0.15, 0.2) is 0 Å². The molecule has 0 spiro atoms. The van der Waals surface area contributed by atoms with Crippen molar-refractivity contribution >= 4 is 6.29 Å². The predicted molar refractivity (Wildman–Crippen MR) is 194 cm³/mol. The maximum absolute atomic E-state index is 12.4. The van der Waals surface area contributed by atoms with Crippen molar-refractivity contribution in [2.24, 2.45) is 5.92 Å². The van der Waals surface area contributed by atoms with Crippen LogP contribution >= 0.6 is 0 Å². The fourth-order valence-corrected chi connectivity index (χ4v) is 4.19. The van der Waals surface area contributed by atoms with Crippen LogP contribution in [-0.4, -0.2) is 23.4 Å². The Hall–Kier alpha value is -3.87. The molecule has 47 heavy (non-hydrogen) atoms. The van der Waals surface area contributed by atoms with Gasteiger partial charge in [-0.3, -0.25) is 0 Å². The summed E-state index contributed by atoms with van der Waals surface area (Å²) < 4.78 is 42.2. The Kier molecular flexibility index (Phi) is 27.3. The Bertz CT molecular complexity index is 1210. The van der Waals surface area contributed by atoms with Gasteiger partial charge in [-0.05, 0) is 62.4 Å². The van der Waals surface area contributed by atoms with Gasteiger partial charge in [-0.15, -0.1) is 0 Å². The van der Waals surface area contributed by atoms with Crippen molar-refractivity contribution in [3.63, 3.8) is 0 Å². The first-order valence-electron chi connectivity index (χ1n) is 16.8. The molecule has 7 heteroatoms. The quantitative estimate of drug-likeness (QED) is 0.192. The molecular formula is C40H59F3N2O2. The number of nitrogens with zero attached hydrogens (tertiary/aromatic N) is 1. The van der Waals surface area contributed by atoms with E-state index in [1.54, 1.807) is 7.11 Å². The summed E-state index contributed by atoms with van der Waals surface area (Å²) in [5, 5.41) is 0. The zero-order valence-electron chi connectivity index (χ0n) is 30.4. The van der Waals surface area contributed by atoms with Crippen molar-refractivity contribution in [2.45, 2.75) is 107 Å². The van der Waals surface area contributed by atoms with Crippen molar-refractivity contribution in [2.75, 3.05) is 7.11 Å². The number of nitrogens with one attached hydrogen (secondary N) is 1. The number of rotatable bonds is 8. The molecule has 0 bridgehead atoms. The Labute approximate surface area is 283 Å². The second-order valence-corrected chi connectivity index (χ2v) is 10.4. The lowest BCUT2D eigenvalue weighted by atomic mass is 10.0. The first kappa shape index (κ1) is 45.3. The highest BCUT2D eigenvalue weighted by Gasteiger charge is 2.30. The average molecular weight is 657 g/mol. The fraction of sp³-hybridized carbons (Fsp3) is 0.450. The molecule has 0 radical (unpaired) electrons. The summed E-state index contributed by atoms with van der Waals surface area (Å²) in [5.41, 5.74) is 3.31. The van der Waals surface area contributed by atoms with Gasteiger partial charge in [0.1, 0.15) is 17.9 Å². The number of carbonyl (C=O) groups is 1. The molecule has 0 fully saturated rings. The van der Waals surface area contributed by atoms with Gasteiger partial charge in [-0.25, -0.2) is 4.98 Å². The van der Waals surface area contributed by atoms with Crippen LogP contribution in [0.2, 0.25) is 0 Å². The number of H-pyrrole nitrogens is 1. The van der Waals surface area contributed by atoms with Gasteiger partial charge >= 0.3 is 6.18 Å². The highest BCUT2D eigenvalue weighted by atomic mass is 19.4. The van der Waals surface area contributed by atoms with Crippen LogP contribution in [-0.2, 0) is 23.8 Å². The molecule has 0 aliphatic rings. The topological polar surface area (TPSA) is 55.0 Å². The minimum absolute atomic E-state index is 0.609. The van der Waals surface area contributed by atoms with E-state index in [9.17, 15) is 13.2 Å². The number of methoxy groups -OCH3 is 1. The molecule has 262 valence electrons. The van der Waals surface area contributed by atoms with Gasteiger partial charge < -0.3 is 14.5 Å². The van der Waals surface area contributed by atoms with E-state index in [0.717, 1.165) is 54.3 Å². The number of aldehydes is 1. The van der Waals surface area contributed by atoms with Crippen LogP contribution in [0.5, 0.6) is 5.75 Å². The van der Waals surface area contributed by atoms with Gasteiger partial charge in [-0.1, -0.05) is 135 Å². The molecule has 4 rings (SSSR count). The van der Waals surface area contributed by atoms with E-state index in [1.165, 1.54) is 50.3 Å². The number of aromatic amines is 1. The Morgan fingerprint density at radius 2 is 1.28 bits per heavy atom. The molecule has 0 saturated carbocycles. The second kappa shape index (κ2) is 28.4. The van der Waals surface area contributed by atoms with Crippen LogP contribution in [0.15, 0.2) is 84.9 Å². The lowest BCUT2D eigenvalue weighted by Gasteiger charge is -2.06. The van der Waals surface area contributed by atoms with Crippen molar-refractivity contribution in [1.29, 1.82) is 0 Å². The van der Waals surface area contributed by atoms with E-state index >= 15 is 0 Å². The summed E-state index contributed by atoms with van der Waals surface area (Å²) in [4.78, 5) is 16.2. The number of aromatic nitrogens is 2. The van der Waals surface area contributed by atoms with Gasteiger partial charge in [0.25, 0.3) is 0 Å². The number of halogens is 3. The Morgan fingerprint density at radius 3 is 1.60 bits per heavy atom. The molecule has 0 aliphatic carbocycles. The SMILES string of the molecule is CC.CC=O.CCCC(C)CCC.CCc1ccccc1.CCc1nc(-c2ccc(C(F)(F)F)cc2)[nH]c1C.COc1ccccc1. The van der Waals surface area contributed by atoms with Crippen molar-refractivity contribution in [1.82, 2.24) is 9.97 Å². The van der Waals surface area contributed by atoms with Gasteiger partial charge in [0.05, 0.1) is 18.4 Å². The number of alkyl halides is 3. The monoisotopic (exact) mass is 656 g/mol. The molecule has 0 amide bonds.